The first-order valence-electron chi connectivity index (χ1n) is 6.41. The Morgan fingerprint density at radius 1 is 1.14 bits per heavy atom. The predicted octanol–water partition coefficient (Wildman–Crippen LogP) is 1.92. The van der Waals surface area contributed by atoms with E-state index >= 15 is 0 Å². The number of nitrogens with two attached hydrogens (primary N) is 1. The van der Waals surface area contributed by atoms with Gasteiger partial charge in [0.25, 0.3) is 18.1 Å². The summed E-state index contributed by atoms with van der Waals surface area (Å²) in [4.78, 5) is 23.2. The van der Waals surface area contributed by atoms with Gasteiger partial charge in [0.05, 0.1) is 0 Å². The highest BCUT2D eigenvalue weighted by Crippen LogP contribution is 2.22. The van der Waals surface area contributed by atoms with Crippen LogP contribution in [0.3, 0.4) is 0 Å². The molecule has 21 heavy (non-hydrogen) atoms. The number of carbonyl (C=O) groups excluding carboxylic acids is 2. The molecular weight excluding hydrogens is 268 g/mol. The lowest BCUT2D eigenvalue weighted by molar-refractivity contribution is -0.155. The number of hydrogen-bond donors (Lipinski definition) is 2. The molecule has 0 radical (unpaired) electrons. The number of rotatable bonds is 5. The molecule has 2 aromatic carbocycles. The maximum absolute atomic E-state index is 12.5. The lowest BCUT2D eigenvalue weighted by atomic mass is 10.0. The van der Waals surface area contributed by atoms with Crippen LogP contribution in [0, 0.1) is 6.92 Å². The third-order valence-electron chi connectivity index (χ3n) is 3.17. The van der Waals surface area contributed by atoms with Crippen molar-refractivity contribution in [3.8, 4) is 0 Å². The minimum Gasteiger partial charge on any atom is -0.432 e. The third kappa shape index (κ3) is 3.09. The average Bonchev–Trinajstić information content (AvgIpc) is 2.50. The summed E-state index contributed by atoms with van der Waals surface area (Å²) in [6.07, 6.45) is 0. The Morgan fingerprint density at radius 3 is 2.38 bits per heavy atom. The maximum Gasteiger partial charge on any atom is 0.295 e. The maximum atomic E-state index is 12.5. The molecule has 2 rings (SSSR count). The molecule has 0 saturated carbocycles. The Balaban J connectivity index is 2.32. The van der Waals surface area contributed by atoms with Crippen molar-refractivity contribution in [1.82, 2.24) is 0 Å². The van der Waals surface area contributed by atoms with Crippen molar-refractivity contribution >= 4 is 18.1 Å². The molecule has 0 aliphatic carbocycles. The summed E-state index contributed by atoms with van der Waals surface area (Å²) < 4.78 is 4.87. The number of amides is 1. The van der Waals surface area contributed by atoms with Gasteiger partial charge in [0.15, 0.2) is 0 Å². The molecule has 0 aliphatic rings. The SMILES string of the molecule is Cc1ccccc1NC(=O)C(N)(OC=O)c1ccccc1. The summed E-state index contributed by atoms with van der Waals surface area (Å²) in [7, 11) is 0. The molecule has 2 aromatic rings. The fourth-order valence-corrected chi connectivity index (χ4v) is 1.94. The average molecular weight is 284 g/mol. The van der Waals surface area contributed by atoms with Gasteiger partial charge in [0.1, 0.15) is 0 Å². The molecule has 3 N–H and O–H groups in total. The van der Waals surface area contributed by atoms with Gasteiger partial charge in [-0.15, -0.1) is 0 Å². The van der Waals surface area contributed by atoms with Crippen LogP contribution < -0.4 is 11.1 Å². The summed E-state index contributed by atoms with van der Waals surface area (Å²) in [5.74, 6) is -0.616. The van der Waals surface area contributed by atoms with E-state index in [1.807, 2.05) is 19.1 Å². The van der Waals surface area contributed by atoms with Crippen molar-refractivity contribution in [2.24, 2.45) is 5.73 Å². The van der Waals surface area contributed by atoms with Crippen molar-refractivity contribution in [3.63, 3.8) is 0 Å². The number of benzene rings is 2. The molecule has 108 valence electrons. The van der Waals surface area contributed by atoms with E-state index in [1.54, 1.807) is 42.5 Å². The molecule has 0 bridgehead atoms. The van der Waals surface area contributed by atoms with E-state index in [0.717, 1.165) is 5.56 Å². The van der Waals surface area contributed by atoms with Gasteiger partial charge >= 0.3 is 0 Å². The first kappa shape index (κ1) is 14.7. The van der Waals surface area contributed by atoms with Gasteiger partial charge in [-0.3, -0.25) is 15.3 Å². The van der Waals surface area contributed by atoms with Gasteiger partial charge < -0.3 is 10.1 Å². The molecule has 0 spiro atoms. The highest BCUT2D eigenvalue weighted by Gasteiger charge is 2.38. The number of hydrogen-bond acceptors (Lipinski definition) is 4. The van der Waals surface area contributed by atoms with Gasteiger partial charge in [-0.25, -0.2) is 0 Å². The Hall–Kier alpha value is -2.66. The largest absolute Gasteiger partial charge is 0.432 e. The summed E-state index contributed by atoms with van der Waals surface area (Å²) in [6, 6.07) is 15.7. The van der Waals surface area contributed by atoms with Crippen molar-refractivity contribution in [2.75, 3.05) is 5.32 Å². The van der Waals surface area contributed by atoms with Crippen LogP contribution in [0.4, 0.5) is 5.69 Å². The zero-order chi connectivity index (χ0) is 15.3. The smallest absolute Gasteiger partial charge is 0.295 e. The van der Waals surface area contributed by atoms with E-state index in [0.29, 0.717) is 11.3 Å². The van der Waals surface area contributed by atoms with Crippen LogP contribution in [0.5, 0.6) is 0 Å². The summed E-state index contributed by atoms with van der Waals surface area (Å²) >= 11 is 0. The van der Waals surface area contributed by atoms with Crippen LogP contribution in [0.15, 0.2) is 54.6 Å². The summed E-state index contributed by atoms with van der Waals surface area (Å²) in [6.45, 7) is 2.03. The van der Waals surface area contributed by atoms with Crippen molar-refractivity contribution < 1.29 is 14.3 Å². The van der Waals surface area contributed by atoms with Gasteiger partial charge in [-0.2, -0.15) is 0 Å². The van der Waals surface area contributed by atoms with E-state index in [2.05, 4.69) is 5.32 Å². The molecule has 0 heterocycles. The third-order valence-corrected chi connectivity index (χ3v) is 3.17. The quantitative estimate of drug-likeness (QED) is 0.649. The monoisotopic (exact) mass is 284 g/mol. The lowest BCUT2D eigenvalue weighted by Gasteiger charge is -2.26. The van der Waals surface area contributed by atoms with Crippen molar-refractivity contribution in [2.45, 2.75) is 12.6 Å². The van der Waals surface area contributed by atoms with Crippen LogP contribution in [0.2, 0.25) is 0 Å². The van der Waals surface area contributed by atoms with Crippen molar-refractivity contribution in [3.05, 3.63) is 65.7 Å². The number of para-hydroxylation sites is 1. The normalized spacial score (nSPS) is 13.0. The first-order valence-corrected chi connectivity index (χ1v) is 6.41. The first-order chi connectivity index (χ1) is 10.1. The molecule has 5 nitrogen and oxygen atoms in total. The minimum absolute atomic E-state index is 0.171. The Labute approximate surface area is 122 Å². The second-order valence-corrected chi connectivity index (χ2v) is 4.58. The highest BCUT2D eigenvalue weighted by atomic mass is 16.6. The fraction of sp³-hybridized carbons (Fsp3) is 0.125. The zero-order valence-electron chi connectivity index (χ0n) is 11.6. The van der Waals surface area contributed by atoms with E-state index in [9.17, 15) is 9.59 Å². The zero-order valence-corrected chi connectivity index (χ0v) is 11.6. The summed E-state index contributed by atoms with van der Waals surface area (Å²) in [5.41, 5.74) is 6.02. The second kappa shape index (κ2) is 6.19. The Morgan fingerprint density at radius 2 is 1.76 bits per heavy atom. The molecule has 1 amide bonds. The van der Waals surface area contributed by atoms with Gasteiger partial charge in [-0.1, -0.05) is 48.5 Å². The number of anilines is 1. The topological polar surface area (TPSA) is 81.4 Å². The molecular formula is C16H16N2O3. The van der Waals surface area contributed by atoms with Gasteiger partial charge in [0, 0.05) is 11.3 Å². The standard InChI is InChI=1S/C16H16N2O3/c1-12-7-5-6-10-14(12)18-15(20)16(17,21-11-19)13-8-3-2-4-9-13/h2-11H,17H2,1H3,(H,18,20). The van der Waals surface area contributed by atoms with E-state index < -0.39 is 11.6 Å². The van der Waals surface area contributed by atoms with Crippen molar-refractivity contribution in [1.29, 1.82) is 0 Å². The van der Waals surface area contributed by atoms with Gasteiger partial charge in [0.2, 0.25) is 0 Å². The second-order valence-electron chi connectivity index (χ2n) is 4.58. The fourth-order valence-electron chi connectivity index (χ4n) is 1.94. The molecule has 0 fully saturated rings. The lowest BCUT2D eigenvalue weighted by Crippen LogP contribution is -2.50. The van der Waals surface area contributed by atoms with Gasteiger partial charge in [-0.05, 0) is 18.6 Å². The minimum atomic E-state index is -1.87. The Kier molecular flexibility index (Phi) is 4.35. The molecule has 0 saturated heterocycles. The number of ether oxygens (including phenoxy) is 1. The molecule has 0 aromatic heterocycles. The summed E-state index contributed by atoms with van der Waals surface area (Å²) in [5, 5.41) is 2.69. The number of nitrogens with one attached hydrogen (secondary N) is 1. The molecule has 0 aliphatic heterocycles. The van der Waals surface area contributed by atoms with Crippen LogP contribution in [-0.2, 0) is 20.1 Å². The van der Waals surface area contributed by atoms with Crippen LogP contribution in [0.1, 0.15) is 11.1 Å². The van der Waals surface area contributed by atoms with Crippen LogP contribution in [-0.4, -0.2) is 12.4 Å². The van der Waals surface area contributed by atoms with E-state index in [-0.39, 0.29) is 6.47 Å². The van der Waals surface area contributed by atoms with Crippen LogP contribution in [0.25, 0.3) is 0 Å². The number of aryl methyl sites for hydroxylation is 1. The molecule has 5 heteroatoms. The van der Waals surface area contributed by atoms with E-state index in [1.165, 1.54) is 0 Å². The Bertz CT molecular complexity index is 643. The number of carbonyl (C=O) groups is 2. The molecule has 1 unspecified atom stereocenters. The predicted molar refractivity (Wildman–Crippen MR) is 79.3 cm³/mol. The highest BCUT2D eigenvalue weighted by molar-refractivity contribution is 5.98. The van der Waals surface area contributed by atoms with Crippen LogP contribution >= 0.6 is 0 Å². The van der Waals surface area contributed by atoms with E-state index in [4.69, 9.17) is 10.5 Å². The molecule has 1 atom stereocenters.